The molecule has 0 bridgehead atoms. The molecule has 1 unspecified atom stereocenters. The molecule has 20 heavy (non-hydrogen) atoms. The van der Waals surface area contributed by atoms with E-state index in [-0.39, 0.29) is 24.3 Å². The lowest BCUT2D eigenvalue weighted by Crippen LogP contribution is -2.33. The third-order valence-corrected chi connectivity index (χ3v) is 3.10. The van der Waals surface area contributed by atoms with Crippen molar-refractivity contribution in [1.29, 1.82) is 0 Å². The first-order chi connectivity index (χ1) is 9.58. The number of nitrogens with one attached hydrogen (secondary N) is 1. The smallest absolute Gasteiger partial charge is 0.226 e. The topological polar surface area (TPSA) is 80.9 Å². The van der Waals surface area contributed by atoms with Crippen LogP contribution in [0.4, 0.5) is 0 Å². The molecule has 0 fully saturated rings. The van der Waals surface area contributed by atoms with Gasteiger partial charge in [-0.05, 0) is 24.5 Å². The first-order valence-electron chi connectivity index (χ1n) is 6.55. The van der Waals surface area contributed by atoms with Gasteiger partial charge in [0.05, 0.1) is 12.5 Å². The quantitative estimate of drug-likeness (QED) is 0.899. The highest BCUT2D eigenvalue weighted by Gasteiger charge is 2.20. The number of pyridine rings is 1. The van der Waals surface area contributed by atoms with Gasteiger partial charge in [-0.1, -0.05) is 30.2 Å². The molecule has 2 aromatic heterocycles. The molecule has 2 heterocycles. The Labute approximate surface area is 117 Å². The number of hydrogen-bond acceptors (Lipinski definition) is 5. The fourth-order valence-electron chi connectivity index (χ4n) is 1.98. The van der Waals surface area contributed by atoms with Gasteiger partial charge in [0.25, 0.3) is 0 Å². The van der Waals surface area contributed by atoms with Crippen LogP contribution in [0.2, 0.25) is 0 Å². The Morgan fingerprint density at radius 2 is 2.20 bits per heavy atom. The zero-order valence-electron chi connectivity index (χ0n) is 11.8. The van der Waals surface area contributed by atoms with Gasteiger partial charge in [-0.25, -0.2) is 4.63 Å². The number of carbonyl (C=O) groups is 1. The lowest BCUT2D eigenvalue weighted by Gasteiger charge is -2.22. The van der Waals surface area contributed by atoms with Gasteiger partial charge in [0.1, 0.15) is 11.4 Å². The van der Waals surface area contributed by atoms with Crippen LogP contribution in [0.3, 0.4) is 0 Å². The van der Waals surface area contributed by atoms with Gasteiger partial charge in [0.15, 0.2) is 0 Å². The number of nitrogens with zero attached hydrogens (tertiary/aromatic N) is 3. The standard InChI is InChI=1S/C14H18N4O2/c1-9(2)14(11-5-4-6-15-8-11)16-13(19)7-12-10(3)17-20-18-12/h4-6,8-9,14H,7H2,1-3H3,(H,16,19). The molecule has 0 aliphatic carbocycles. The number of rotatable bonds is 5. The van der Waals surface area contributed by atoms with Crippen LogP contribution in [0.5, 0.6) is 0 Å². The van der Waals surface area contributed by atoms with Crippen LogP contribution in [-0.4, -0.2) is 21.2 Å². The third-order valence-electron chi connectivity index (χ3n) is 3.10. The van der Waals surface area contributed by atoms with E-state index in [1.165, 1.54) is 0 Å². The summed E-state index contributed by atoms with van der Waals surface area (Å²) in [6, 6.07) is 3.75. The first kappa shape index (κ1) is 14.2. The van der Waals surface area contributed by atoms with Crippen molar-refractivity contribution >= 4 is 5.91 Å². The molecule has 0 radical (unpaired) electrons. The minimum atomic E-state index is -0.105. The minimum absolute atomic E-state index is 0.0728. The highest BCUT2D eigenvalue weighted by atomic mass is 16.6. The highest BCUT2D eigenvalue weighted by molar-refractivity contribution is 5.78. The van der Waals surface area contributed by atoms with Crippen molar-refractivity contribution in [1.82, 2.24) is 20.6 Å². The van der Waals surface area contributed by atoms with Crippen LogP contribution < -0.4 is 5.32 Å². The minimum Gasteiger partial charge on any atom is -0.349 e. The maximum absolute atomic E-state index is 12.1. The van der Waals surface area contributed by atoms with Crippen molar-refractivity contribution in [3.05, 3.63) is 41.5 Å². The van der Waals surface area contributed by atoms with Crippen molar-refractivity contribution in [2.24, 2.45) is 5.92 Å². The Balaban J connectivity index is 2.06. The van der Waals surface area contributed by atoms with E-state index in [2.05, 4.69) is 39.1 Å². The molecule has 0 aliphatic rings. The van der Waals surface area contributed by atoms with E-state index in [0.717, 1.165) is 5.56 Å². The molecule has 1 amide bonds. The molecule has 6 heteroatoms. The van der Waals surface area contributed by atoms with Crippen LogP contribution in [0.1, 0.15) is 36.8 Å². The summed E-state index contributed by atoms with van der Waals surface area (Å²) in [4.78, 5) is 16.2. The number of aromatic nitrogens is 3. The molecule has 2 aromatic rings. The number of hydrogen-bond donors (Lipinski definition) is 1. The second-order valence-electron chi connectivity index (χ2n) is 5.05. The Kier molecular flexibility index (Phi) is 4.45. The zero-order valence-corrected chi connectivity index (χ0v) is 11.8. The fraction of sp³-hybridized carbons (Fsp3) is 0.429. The van der Waals surface area contributed by atoms with E-state index in [1.807, 2.05) is 12.1 Å². The van der Waals surface area contributed by atoms with Crippen molar-refractivity contribution in [2.45, 2.75) is 33.2 Å². The predicted molar refractivity (Wildman–Crippen MR) is 72.7 cm³/mol. The van der Waals surface area contributed by atoms with Gasteiger partial charge < -0.3 is 5.32 Å². The summed E-state index contributed by atoms with van der Waals surface area (Å²) in [5.74, 6) is 0.158. The summed E-state index contributed by atoms with van der Waals surface area (Å²) >= 11 is 0. The summed E-state index contributed by atoms with van der Waals surface area (Å²) in [5.41, 5.74) is 2.20. The average Bonchev–Trinajstić information content (AvgIpc) is 2.82. The molecule has 6 nitrogen and oxygen atoms in total. The van der Waals surface area contributed by atoms with Gasteiger partial charge in [0.2, 0.25) is 5.91 Å². The zero-order chi connectivity index (χ0) is 14.5. The third kappa shape index (κ3) is 3.40. The summed E-state index contributed by atoms with van der Waals surface area (Å²) in [6.45, 7) is 5.88. The van der Waals surface area contributed by atoms with Crippen molar-refractivity contribution in [3.63, 3.8) is 0 Å². The Morgan fingerprint density at radius 1 is 1.40 bits per heavy atom. The number of carbonyl (C=O) groups excluding carboxylic acids is 1. The fourth-order valence-corrected chi connectivity index (χ4v) is 1.98. The maximum Gasteiger partial charge on any atom is 0.226 e. The normalized spacial score (nSPS) is 12.4. The summed E-state index contributed by atoms with van der Waals surface area (Å²) in [5, 5.41) is 10.4. The molecule has 106 valence electrons. The number of amides is 1. The molecule has 0 spiro atoms. The Hall–Kier alpha value is -2.24. The molecule has 0 saturated carbocycles. The molecular formula is C14H18N4O2. The molecule has 2 rings (SSSR count). The highest BCUT2D eigenvalue weighted by Crippen LogP contribution is 2.20. The second-order valence-corrected chi connectivity index (χ2v) is 5.05. The maximum atomic E-state index is 12.1. The van der Waals surface area contributed by atoms with Gasteiger partial charge >= 0.3 is 0 Å². The van der Waals surface area contributed by atoms with E-state index in [9.17, 15) is 4.79 Å². The van der Waals surface area contributed by atoms with Crippen LogP contribution >= 0.6 is 0 Å². The van der Waals surface area contributed by atoms with Gasteiger partial charge in [-0.3, -0.25) is 9.78 Å². The van der Waals surface area contributed by atoms with E-state index in [0.29, 0.717) is 11.4 Å². The van der Waals surface area contributed by atoms with E-state index >= 15 is 0 Å². The Bertz CT molecular complexity index is 566. The molecular weight excluding hydrogens is 256 g/mol. The van der Waals surface area contributed by atoms with Crippen LogP contribution in [-0.2, 0) is 11.2 Å². The monoisotopic (exact) mass is 274 g/mol. The van der Waals surface area contributed by atoms with Crippen LogP contribution in [0, 0.1) is 12.8 Å². The summed E-state index contributed by atoms with van der Waals surface area (Å²) < 4.78 is 4.59. The first-order valence-corrected chi connectivity index (χ1v) is 6.55. The second kappa shape index (κ2) is 6.27. The van der Waals surface area contributed by atoms with Crippen molar-refractivity contribution in [3.8, 4) is 0 Å². The molecule has 0 aliphatic heterocycles. The average molecular weight is 274 g/mol. The van der Waals surface area contributed by atoms with E-state index in [4.69, 9.17) is 0 Å². The number of aryl methyl sites for hydroxylation is 1. The largest absolute Gasteiger partial charge is 0.349 e. The van der Waals surface area contributed by atoms with Gasteiger partial charge in [-0.2, -0.15) is 0 Å². The molecule has 1 atom stereocenters. The Morgan fingerprint density at radius 3 is 2.75 bits per heavy atom. The lowest BCUT2D eigenvalue weighted by atomic mass is 9.97. The van der Waals surface area contributed by atoms with Gasteiger partial charge in [-0.15, -0.1) is 0 Å². The van der Waals surface area contributed by atoms with Crippen LogP contribution in [0.25, 0.3) is 0 Å². The van der Waals surface area contributed by atoms with Gasteiger partial charge in [0, 0.05) is 12.4 Å². The SMILES string of the molecule is Cc1nonc1CC(=O)NC(c1cccnc1)C(C)C. The summed E-state index contributed by atoms with van der Waals surface area (Å²) in [6.07, 6.45) is 3.65. The van der Waals surface area contributed by atoms with Crippen molar-refractivity contribution in [2.75, 3.05) is 0 Å². The van der Waals surface area contributed by atoms with Crippen molar-refractivity contribution < 1.29 is 9.42 Å². The van der Waals surface area contributed by atoms with E-state index < -0.39 is 0 Å². The van der Waals surface area contributed by atoms with Crippen LogP contribution in [0.15, 0.2) is 29.2 Å². The molecule has 0 saturated heterocycles. The van der Waals surface area contributed by atoms with E-state index in [1.54, 1.807) is 19.3 Å². The molecule has 1 N–H and O–H groups in total. The molecule has 0 aromatic carbocycles. The predicted octanol–water partition coefficient (Wildman–Crippen LogP) is 1.83. The lowest BCUT2D eigenvalue weighted by molar-refractivity contribution is -0.121. The summed E-state index contributed by atoms with van der Waals surface area (Å²) in [7, 11) is 0.